The fourth-order valence-corrected chi connectivity index (χ4v) is 5.30. The van der Waals surface area contributed by atoms with Crippen LogP contribution in [0.5, 0.6) is 0 Å². The number of hydrogen-bond acceptors (Lipinski definition) is 7. The number of rotatable bonds is 7. The fraction of sp³-hybridized carbons (Fsp3) is 0.375. The molecule has 1 aliphatic heterocycles. The van der Waals surface area contributed by atoms with Crippen molar-refractivity contribution in [2.75, 3.05) is 31.5 Å². The molecular formula is C24H26F2N8O2S. The molecule has 4 aromatic rings. The van der Waals surface area contributed by atoms with Gasteiger partial charge in [-0.15, -0.1) is 11.3 Å². The van der Waals surface area contributed by atoms with E-state index in [9.17, 15) is 18.4 Å². The molecule has 10 nitrogen and oxygen atoms in total. The molecule has 1 aliphatic rings. The summed E-state index contributed by atoms with van der Waals surface area (Å²) in [5, 5.41) is 14.1. The number of hydrogen-bond donors (Lipinski definition) is 2. The summed E-state index contributed by atoms with van der Waals surface area (Å²) in [7, 11) is 1.84. The number of nitrogens with one attached hydrogen (secondary N) is 2. The molecule has 0 spiro atoms. The minimum atomic E-state index is -2.68. The molecule has 0 unspecified atom stereocenters. The molecule has 0 aromatic carbocycles. The maximum absolute atomic E-state index is 13.6. The quantitative estimate of drug-likeness (QED) is 0.381. The van der Waals surface area contributed by atoms with E-state index in [0.29, 0.717) is 41.3 Å². The number of alkyl halides is 2. The van der Waals surface area contributed by atoms with E-state index < -0.39 is 5.92 Å². The maximum atomic E-state index is 13.6. The highest BCUT2D eigenvalue weighted by Crippen LogP contribution is 2.30. The Morgan fingerprint density at radius 1 is 1.16 bits per heavy atom. The first-order chi connectivity index (χ1) is 17.7. The second-order valence-corrected chi connectivity index (χ2v) is 10.1. The van der Waals surface area contributed by atoms with Gasteiger partial charge in [0, 0.05) is 50.7 Å². The van der Waals surface area contributed by atoms with Crippen molar-refractivity contribution >= 4 is 33.7 Å². The molecule has 2 amide bonds. The Labute approximate surface area is 215 Å². The number of anilines is 1. The molecule has 0 bridgehead atoms. The van der Waals surface area contributed by atoms with E-state index in [4.69, 9.17) is 0 Å². The molecular weight excluding hydrogens is 502 g/mol. The van der Waals surface area contributed by atoms with Crippen molar-refractivity contribution in [1.29, 1.82) is 0 Å². The Balaban J connectivity index is 1.24. The number of likely N-dealkylation sites (tertiary alicyclic amines) is 1. The number of carbonyl (C=O) groups excluding carboxylic acids is 2. The third-order valence-electron chi connectivity index (χ3n) is 6.21. The summed E-state index contributed by atoms with van der Waals surface area (Å²) in [6.45, 7) is 2.60. The van der Waals surface area contributed by atoms with Crippen LogP contribution in [-0.2, 0) is 7.05 Å². The summed E-state index contributed by atoms with van der Waals surface area (Å²) >= 11 is 1.42. The molecule has 0 atom stereocenters. The molecule has 2 N–H and O–H groups in total. The zero-order chi connectivity index (χ0) is 26.2. The summed E-state index contributed by atoms with van der Waals surface area (Å²) in [5.74, 6) is -3.44. The van der Waals surface area contributed by atoms with Crippen molar-refractivity contribution in [3.05, 3.63) is 53.9 Å². The molecule has 0 radical (unpaired) electrons. The Morgan fingerprint density at radius 3 is 2.76 bits per heavy atom. The minimum Gasteiger partial charge on any atom is -0.351 e. The predicted molar refractivity (Wildman–Crippen MR) is 135 cm³/mol. The molecule has 5 rings (SSSR count). The molecule has 0 saturated carbocycles. The third kappa shape index (κ3) is 5.52. The van der Waals surface area contributed by atoms with Gasteiger partial charge in [0.1, 0.15) is 4.83 Å². The van der Waals surface area contributed by atoms with E-state index in [1.807, 2.05) is 19.4 Å². The van der Waals surface area contributed by atoms with Crippen LogP contribution >= 0.6 is 11.3 Å². The van der Waals surface area contributed by atoms with Crippen molar-refractivity contribution in [2.45, 2.75) is 25.7 Å². The SMILES string of the molecule is Cc1ncc(C(=O)NCCN2CCCC(F)(F)C2)cc1NC(=O)c1cnn2cc(-c3cnn(C)c3)sc12. The molecule has 194 valence electrons. The van der Waals surface area contributed by atoms with E-state index >= 15 is 0 Å². The van der Waals surface area contributed by atoms with Crippen molar-refractivity contribution in [3.8, 4) is 10.4 Å². The van der Waals surface area contributed by atoms with Crippen LogP contribution in [0.3, 0.4) is 0 Å². The lowest BCUT2D eigenvalue weighted by molar-refractivity contribution is -0.0632. The number of aryl methyl sites for hydroxylation is 2. The van der Waals surface area contributed by atoms with Crippen LogP contribution < -0.4 is 10.6 Å². The Kier molecular flexibility index (Phi) is 6.73. The number of nitrogens with zero attached hydrogens (tertiary/aromatic N) is 6. The van der Waals surface area contributed by atoms with Crippen LogP contribution in [0.15, 0.2) is 37.1 Å². The standard InChI is InChI=1S/C24H26F2N8O2S/c1-15-19(8-16(9-28-15)21(35)27-5-7-33-6-3-4-24(25,26)14-33)31-22(36)18-11-30-34-13-20(37-23(18)34)17-10-29-32(2)12-17/h8-13H,3-7,14H2,1-2H3,(H,27,35)(H,31,36). The lowest BCUT2D eigenvalue weighted by Crippen LogP contribution is -2.45. The van der Waals surface area contributed by atoms with Crippen LogP contribution in [0.25, 0.3) is 15.3 Å². The van der Waals surface area contributed by atoms with E-state index in [1.54, 1.807) is 33.3 Å². The normalized spacial score (nSPS) is 15.7. The van der Waals surface area contributed by atoms with Crippen molar-refractivity contribution in [1.82, 2.24) is 34.6 Å². The highest BCUT2D eigenvalue weighted by Gasteiger charge is 2.34. The van der Waals surface area contributed by atoms with Gasteiger partial charge >= 0.3 is 0 Å². The van der Waals surface area contributed by atoms with Crippen molar-refractivity contribution < 1.29 is 18.4 Å². The van der Waals surface area contributed by atoms with Crippen molar-refractivity contribution in [3.63, 3.8) is 0 Å². The van der Waals surface area contributed by atoms with E-state index in [2.05, 4.69) is 25.8 Å². The van der Waals surface area contributed by atoms with Gasteiger partial charge in [0.2, 0.25) is 0 Å². The highest BCUT2D eigenvalue weighted by molar-refractivity contribution is 7.21. The molecule has 0 aliphatic carbocycles. The summed E-state index contributed by atoms with van der Waals surface area (Å²) < 4.78 is 30.5. The van der Waals surface area contributed by atoms with Crippen LogP contribution in [0, 0.1) is 6.92 Å². The minimum absolute atomic E-state index is 0.0947. The number of halogens is 2. The van der Waals surface area contributed by atoms with Gasteiger partial charge in [-0.3, -0.25) is 24.2 Å². The van der Waals surface area contributed by atoms with Gasteiger partial charge < -0.3 is 10.6 Å². The maximum Gasteiger partial charge on any atom is 0.260 e. The summed E-state index contributed by atoms with van der Waals surface area (Å²) in [6.07, 6.45) is 8.74. The van der Waals surface area contributed by atoms with Crippen LogP contribution in [0.2, 0.25) is 0 Å². The molecule has 4 aromatic heterocycles. The zero-order valence-corrected chi connectivity index (χ0v) is 21.2. The second-order valence-electron chi connectivity index (χ2n) is 9.11. The summed E-state index contributed by atoms with van der Waals surface area (Å²) in [5.41, 5.74) is 2.53. The van der Waals surface area contributed by atoms with Gasteiger partial charge in [-0.25, -0.2) is 13.3 Å². The monoisotopic (exact) mass is 528 g/mol. The highest BCUT2D eigenvalue weighted by atomic mass is 32.1. The smallest absolute Gasteiger partial charge is 0.260 e. The molecule has 5 heterocycles. The number of fused-ring (bicyclic) bond motifs is 1. The number of carbonyl (C=O) groups is 2. The Bertz CT molecular complexity index is 1460. The first-order valence-electron chi connectivity index (χ1n) is 11.8. The van der Waals surface area contributed by atoms with Gasteiger partial charge in [0.15, 0.2) is 0 Å². The van der Waals surface area contributed by atoms with Gasteiger partial charge in [-0.2, -0.15) is 10.2 Å². The predicted octanol–water partition coefficient (Wildman–Crippen LogP) is 3.21. The first kappa shape index (κ1) is 25.0. The van der Waals surface area contributed by atoms with Crippen molar-refractivity contribution in [2.24, 2.45) is 7.05 Å². The van der Waals surface area contributed by atoms with Gasteiger partial charge in [0.05, 0.1) is 46.3 Å². The molecule has 13 heteroatoms. The second kappa shape index (κ2) is 9.98. The first-order valence-corrected chi connectivity index (χ1v) is 12.6. The number of pyridine rings is 1. The van der Waals surface area contributed by atoms with Gasteiger partial charge in [-0.05, 0) is 26.0 Å². The fourth-order valence-electron chi connectivity index (χ4n) is 4.26. The number of aromatic nitrogens is 5. The lowest BCUT2D eigenvalue weighted by Gasteiger charge is -2.32. The van der Waals surface area contributed by atoms with E-state index in [-0.39, 0.29) is 36.9 Å². The lowest BCUT2D eigenvalue weighted by atomic mass is 10.1. The molecule has 37 heavy (non-hydrogen) atoms. The summed E-state index contributed by atoms with van der Waals surface area (Å²) in [4.78, 5) is 33.3. The zero-order valence-electron chi connectivity index (χ0n) is 20.4. The number of amides is 2. The third-order valence-corrected chi connectivity index (χ3v) is 7.37. The average Bonchev–Trinajstić information content (AvgIpc) is 3.55. The average molecular weight is 529 g/mol. The van der Waals surface area contributed by atoms with Crippen LogP contribution in [-0.4, -0.2) is 73.2 Å². The Hall–Kier alpha value is -3.71. The van der Waals surface area contributed by atoms with E-state index in [1.165, 1.54) is 23.7 Å². The summed E-state index contributed by atoms with van der Waals surface area (Å²) in [6, 6.07) is 1.56. The van der Waals surface area contributed by atoms with E-state index in [0.717, 1.165) is 10.4 Å². The largest absolute Gasteiger partial charge is 0.351 e. The Morgan fingerprint density at radius 2 is 2.00 bits per heavy atom. The number of piperidine rings is 1. The van der Waals surface area contributed by atoms with Gasteiger partial charge in [-0.1, -0.05) is 0 Å². The molecule has 1 saturated heterocycles. The number of thiazole rings is 1. The van der Waals surface area contributed by atoms with Crippen LogP contribution in [0.1, 0.15) is 39.3 Å². The molecule has 1 fully saturated rings. The topological polar surface area (TPSA) is 109 Å². The van der Waals surface area contributed by atoms with Crippen LogP contribution in [0.4, 0.5) is 14.5 Å². The van der Waals surface area contributed by atoms with Gasteiger partial charge in [0.25, 0.3) is 17.7 Å².